The first-order valence-corrected chi connectivity index (χ1v) is 7.71. The summed E-state index contributed by atoms with van der Waals surface area (Å²) in [5.74, 6) is 0. The monoisotopic (exact) mass is 260 g/mol. The Morgan fingerprint density at radius 2 is 2.16 bits per heavy atom. The van der Waals surface area contributed by atoms with Crippen molar-refractivity contribution in [3.05, 3.63) is 35.4 Å². The summed E-state index contributed by atoms with van der Waals surface area (Å²) in [7, 11) is 2.25. The number of likely N-dealkylation sites (N-methyl/N-ethyl adjacent to an activating group) is 1. The highest BCUT2D eigenvalue weighted by molar-refractivity contribution is 5.22. The number of benzene rings is 1. The third-order valence-corrected chi connectivity index (χ3v) is 4.14. The van der Waals surface area contributed by atoms with Gasteiger partial charge in [-0.3, -0.25) is 0 Å². The molecule has 2 heteroatoms. The minimum absolute atomic E-state index is 0.759. The lowest BCUT2D eigenvalue weighted by Gasteiger charge is -2.26. The average molecular weight is 260 g/mol. The Hall–Kier alpha value is -0.860. The van der Waals surface area contributed by atoms with Crippen LogP contribution >= 0.6 is 0 Å². The number of rotatable bonds is 6. The topological polar surface area (TPSA) is 15.3 Å². The van der Waals surface area contributed by atoms with Gasteiger partial charge in [-0.15, -0.1) is 0 Å². The fraction of sp³-hybridized carbons (Fsp3) is 0.647. The molecule has 19 heavy (non-hydrogen) atoms. The van der Waals surface area contributed by atoms with Crippen LogP contribution < -0.4 is 5.32 Å². The van der Waals surface area contributed by atoms with E-state index in [-0.39, 0.29) is 0 Å². The van der Waals surface area contributed by atoms with Crippen molar-refractivity contribution in [1.82, 2.24) is 10.2 Å². The standard InChI is InChI=1S/C17H28N2/c1-15-6-5-7-16(14-15)9-12-19(2)13-10-17-8-3-4-11-18-17/h5-7,14,17-18H,3-4,8-13H2,1-2H3. The van der Waals surface area contributed by atoms with E-state index in [9.17, 15) is 0 Å². The van der Waals surface area contributed by atoms with Crippen LogP contribution in [-0.4, -0.2) is 37.6 Å². The van der Waals surface area contributed by atoms with Crippen molar-refractivity contribution in [3.63, 3.8) is 0 Å². The summed E-state index contributed by atoms with van der Waals surface area (Å²) in [5.41, 5.74) is 2.83. The molecule has 1 fully saturated rings. The number of hydrogen-bond acceptors (Lipinski definition) is 2. The SMILES string of the molecule is Cc1cccc(CCN(C)CCC2CCCCN2)c1. The van der Waals surface area contributed by atoms with Gasteiger partial charge >= 0.3 is 0 Å². The fourth-order valence-electron chi connectivity index (χ4n) is 2.85. The molecule has 0 radical (unpaired) electrons. The number of nitrogens with one attached hydrogen (secondary N) is 1. The van der Waals surface area contributed by atoms with E-state index in [2.05, 4.69) is 48.5 Å². The molecule has 0 spiro atoms. The van der Waals surface area contributed by atoms with E-state index in [4.69, 9.17) is 0 Å². The van der Waals surface area contributed by atoms with Gasteiger partial charge in [0.15, 0.2) is 0 Å². The lowest BCUT2D eigenvalue weighted by molar-refractivity contribution is 0.290. The van der Waals surface area contributed by atoms with Crippen molar-refractivity contribution < 1.29 is 0 Å². The van der Waals surface area contributed by atoms with Gasteiger partial charge in [-0.2, -0.15) is 0 Å². The van der Waals surface area contributed by atoms with E-state index in [0.29, 0.717) is 0 Å². The number of nitrogens with zero attached hydrogens (tertiary/aromatic N) is 1. The summed E-state index contributed by atoms with van der Waals surface area (Å²) in [6, 6.07) is 9.63. The largest absolute Gasteiger partial charge is 0.314 e. The van der Waals surface area contributed by atoms with Crippen LogP contribution in [0.25, 0.3) is 0 Å². The average Bonchev–Trinajstić information content (AvgIpc) is 2.44. The molecule has 0 amide bonds. The van der Waals surface area contributed by atoms with Crippen molar-refractivity contribution in [2.75, 3.05) is 26.7 Å². The number of hydrogen-bond donors (Lipinski definition) is 1. The maximum absolute atomic E-state index is 3.63. The third kappa shape index (κ3) is 5.33. The normalized spacial score (nSPS) is 19.8. The maximum Gasteiger partial charge on any atom is 0.00792 e. The number of piperidine rings is 1. The Bertz CT molecular complexity index is 369. The first-order valence-electron chi connectivity index (χ1n) is 7.71. The van der Waals surface area contributed by atoms with E-state index in [0.717, 1.165) is 19.0 Å². The van der Waals surface area contributed by atoms with Gasteiger partial charge in [-0.05, 0) is 58.3 Å². The van der Waals surface area contributed by atoms with Crippen molar-refractivity contribution in [3.8, 4) is 0 Å². The highest BCUT2D eigenvalue weighted by atomic mass is 15.1. The highest BCUT2D eigenvalue weighted by Gasteiger charge is 2.12. The maximum atomic E-state index is 3.63. The summed E-state index contributed by atoms with van der Waals surface area (Å²) < 4.78 is 0. The molecule has 1 aromatic rings. The zero-order chi connectivity index (χ0) is 13.5. The van der Waals surface area contributed by atoms with Crippen LogP contribution in [0.1, 0.15) is 36.8 Å². The molecule has 0 aliphatic carbocycles. The van der Waals surface area contributed by atoms with Crippen molar-refractivity contribution in [2.24, 2.45) is 0 Å². The Morgan fingerprint density at radius 3 is 2.89 bits per heavy atom. The lowest BCUT2D eigenvalue weighted by atomic mass is 10.0. The fourth-order valence-corrected chi connectivity index (χ4v) is 2.85. The summed E-state index contributed by atoms with van der Waals surface area (Å²) in [4.78, 5) is 2.47. The molecule has 1 heterocycles. The number of aryl methyl sites for hydroxylation is 1. The van der Waals surface area contributed by atoms with Gasteiger partial charge in [0.2, 0.25) is 0 Å². The van der Waals surface area contributed by atoms with Crippen molar-refractivity contribution in [1.29, 1.82) is 0 Å². The minimum atomic E-state index is 0.759. The van der Waals surface area contributed by atoms with Crippen LogP contribution in [0.2, 0.25) is 0 Å². The molecule has 106 valence electrons. The van der Waals surface area contributed by atoms with Gasteiger partial charge in [-0.25, -0.2) is 0 Å². The van der Waals surface area contributed by atoms with Crippen LogP contribution in [0, 0.1) is 6.92 Å². The van der Waals surface area contributed by atoms with Gasteiger partial charge < -0.3 is 10.2 Å². The summed E-state index contributed by atoms with van der Waals surface area (Å²) >= 11 is 0. The molecule has 1 aliphatic heterocycles. The Labute approximate surface area is 118 Å². The summed E-state index contributed by atoms with van der Waals surface area (Å²) in [5, 5.41) is 3.63. The summed E-state index contributed by atoms with van der Waals surface area (Å²) in [6.07, 6.45) is 6.59. The summed E-state index contributed by atoms with van der Waals surface area (Å²) in [6.45, 7) is 5.76. The highest BCUT2D eigenvalue weighted by Crippen LogP contribution is 2.11. The van der Waals surface area contributed by atoms with E-state index < -0.39 is 0 Å². The van der Waals surface area contributed by atoms with Gasteiger partial charge in [0.05, 0.1) is 0 Å². The second kappa shape index (κ2) is 7.66. The molecular formula is C17H28N2. The van der Waals surface area contributed by atoms with Crippen molar-refractivity contribution >= 4 is 0 Å². The van der Waals surface area contributed by atoms with E-state index >= 15 is 0 Å². The minimum Gasteiger partial charge on any atom is -0.314 e. The smallest absolute Gasteiger partial charge is 0.00792 e. The first-order chi connectivity index (χ1) is 9.24. The lowest BCUT2D eigenvalue weighted by Crippen LogP contribution is -2.37. The second-order valence-corrected chi connectivity index (χ2v) is 5.98. The Balaban J connectivity index is 1.65. The molecule has 2 nitrogen and oxygen atoms in total. The molecule has 1 N–H and O–H groups in total. The van der Waals surface area contributed by atoms with E-state index in [1.165, 1.54) is 49.9 Å². The Kier molecular flexibility index (Phi) is 5.87. The van der Waals surface area contributed by atoms with Crippen LogP contribution in [0.3, 0.4) is 0 Å². The van der Waals surface area contributed by atoms with Gasteiger partial charge in [-0.1, -0.05) is 36.2 Å². The molecule has 1 unspecified atom stereocenters. The van der Waals surface area contributed by atoms with Crippen LogP contribution in [-0.2, 0) is 6.42 Å². The molecule has 1 saturated heterocycles. The second-order valence-electron chi connectivity index (χ2n) is 5.98. The van der Waals surface area contributed by atoms with Gasteiger partial charge in [0.25, 0.3) is 0 Å². The van der Waals surface area contributed by atoms with Crippen LogP contribution in [0.4, 0.5) is 0 Å². The molecule has 2 rings (SSSR count). The zero-order valence-electron chi connectivity index (χ0n) is 12.5. The molecule has 0 saturated carbocycles. The first kappa shape index (κ1) is 14.5. The Morgan fingerprint density at radius 1 is 1.26 bits per heavy atom. The van der Waals surface area contributed by atoms with Gasteiger partial charge in [0.1, 0.15) is 0 Å². The van der Waals surface area contributed by atoms with Gasteiger partial charge in [0, 0.05) is 12.6 Å². The molecule has 0 aromatic heterocycles. The quantitative estimate of drug-likeness (QED) is 0.846. The van der Waals surface area contributed by atoms with E-state index in [1.54, 1.807) is 0 Å². The van der Waals surface area contributed by atoms with Crippen LogP contribution in [0.15, 0.2) is 24.3 Å². The predicted molar refractivity (Wildman–Crippen MR) is 82.6 cm³/mol. The molecule has 1 atom stereocenters. The van der Waals surface area contributed by atoms with E-state index in [1.807, 2.05) is 0 Å². The molecule has 1 aliphatic rings. The molecule has 1 aromatic carbocycles. The van der Waals surface area contributed by atoms with Crippen LogP contribution in [0.5, 0.6) is 0 Å². The third-order valence-electron chi connectivity index (χ3n) is 4.14. The molecular weight excluding hydrogens is 232 g/mol. The zero-order valence-corrected chi connectivity index (χ0v) is 12.5. The molecule has 0 bridgehead atoms. The van der Waals surface area contributed by atoms with Crippen molar-refractivity contribution in [2.45, 2.75) is 45.1 Å². The predicted octanol–water partition coefficient (Wildman–Crippen LogP) is 3.00.